The van der Waals surface area contributed by atoms with Crippen LogP contribution in [0.25, 0.3) is 10.9 Å². The van der Waals surface area contributed by atoms with E-state index in [4.69, 9.17) is 4.74 Å². The summed E-state index contributed by atoms with van der Waals surface area (Å²) in [5.41, 5.74) is 2.58. The van der Waals surface area contributed by atoms with Gasteiger partial charge in [0.15, 0.2) is 0 Å². The summed E-state index contributed by atoms with van der Waals surface area (Å²) in [6.07, 6.45) is 3.45. The summed E-state index contributed by atoms with van der Waals surface area (Å²) in [5, 5.41) is 10.4. The number of hydrogen-bond donors (Lipinski definition) is 0. The first-order valence-electron chi connectivity index (χ1n) is 9.54. The fourth-order valence-corrected chi connectivity index (χ4v) is 4.35. The fraction of sp³-hybridized carbons (Fsp3) is 0.524. The zero-order valence-corrected chi connectivity index (χ0v) is 15.6. The molecule has 0 spiro atoms. The first-order chi connectivity index (χ1) is 12.6. The summed E-state index contributed by atoms with van der Waals surface area (Å²) in [6, 6.07) is 10.2. The van der Waals surface area contributed by atoms with Crippen molar-refractivity contribution in [3.05, 3.63) is 36.0 Å². The molecular weight excluding hydrogens is 324 g/mol. The fourth-order valence-electron chi connectivity index (χ4n) is 4.35. The van der Waals surface area contributed by atoms with Gasteiger partial charge in [-0.25, -0.2) is 0 Å². The van der Waals surface area contributed by atoms with Gasteiger partial charge in [0, 0.05) is 43.4 Å². The molecule has 26 heavy (non-hydrogen) atoms. The zero-order chi connectivity index (χ0) is 18.1. The number of likely N-dealkylation sites (tertiary alicyclic amines) is 1. The van der Waals surface area contributed by atoms with Crippen molar-refractivity contribution in [3.63, 3.8) is 0 Å². The van der Waals surface area contributed by atoms with Crippen molar-refractivity contribution in [3.8, 4) is 6.07 Å². The Hall–Kier alpha value is -2.16. The molecule has 0 bridgehead atoms. The smallest absolute Gasteiger partial charge is 0.101 e. The van der Waals surface area contributed by atoms with Gasteiger partial charge in [0.2, 0.25) is 0 Å². The van der Waals surface area contributed by atoms with E-state index < -0.39 is 0 Å². The number of benzene rings is 1. The van der Waals surface area contributed by atoms with Gasteiger partial charge in [-0.2, -0.15) is 5.26 Å². The van der Waals surface area contributed by atoms with Gasteiger partial charge in [-0.15, -0.1) is 0 Å². The van der Waals surface area contributed by atoms with Crippen LogP contribution in [0, 0.1) is 17.2 Å². The number of nitrogens with zero attached hydrogens (tertiary/aromatic N) is 4. The van der Waals surface area contributed by atoms with Gasteiger partial charge in [0.1, 0.15) is 6.07 Å². The Balaban J connectivity index is 1.59. The molecule has 3 heterocycles. The van der Waals surface area contributed by atoms with E-state index in [1.165, 1.54) is 19.5 Å². The highest BCUT2D eigenvalue weighted by Crippen LogP contribution is 2.30. The van der Waals surface area contributed by atoms with Crippen LogP contribution in [0.5, 0.6) is 0 Å². The molecule has 1 unspecified atom stereocenters. The average Bonchev–Trinajstić information content (AvgIpc) is 3.05. The summed E-state index contributed by atoms with van der Waals surface area (Å²) in [7, 11) is 0. The van der Waals surface area contributed by atoms with E-state index >= 15 is 0 Å². The number of ether oxygens (including phenoxy) is 1. The van der Waals surface area contributed by atoms with Crippen molar-refractivity contribution in [2.75, 3.05) is 37.6 Å². The van der Waals surface area contributed by atoms with Gasteiger partial charge >= 0.3 is 0 Å². The highest BCUT2D eigenvalue weighted by Gasteiger charge is 2.30. The molecule has 0 aliphatic carbocycles. The number of pyridine rings is 1. The molecule has 2 saturated heterocycles. The SMILES string of the molecule is CC1CCN(C[C@H]2CN(c3ccc(C#N)c4ncccc34)C[C@@H](C)O2)C1. The molecule has 5 heteroatoms. The van der Waals surface area contributed by atoms with Crippen LogP contribution in [0.2, 0.25) is 0 Å². The minimum atomic E-state index is 0.191. The normalized spacial score (nSPS) is 27.0. The Bertz CT molecular complexity index is 830. The van der Waals surface area contributed by atoms with Crippen LogP contribution < -0.4 is 4.90 Å². The maximum Gasteiger partial charge on any atom is 0.101 e. The molecule has 2 aliphatic rings. The minimum absolute atomic E-state index is 0.191. The highest BCUT2D eigenvalue weighted by atomic mass is 16.5. The molecule has 3 atom stereocenters. The summed E-state index contributed by atoms with van der Waals surface area (Å²) in [5.74, 6) is 0.792. The lowest BCUT2D eigenvalue weighted by Gasteiger charge is -2.40. The second-order valence-corrected chi connectivity index (χ2v) is 7.77. The van der Waals surface area contributed by atoms with Crippen molar-refractivity contribution in [2.24, 2.45) is 5.92 Å². The predicted octanol–water partition coefficient (Wildman–Crippen LogP) is 3.04. The molecule has 2 fully saturated rings. The second kappa shape index (κ2) is 7.22. The maximum atomic E-state index is 9.37. The Kier molecular flexibility index (Phi) is 4.80. The number of aromatic nitrogens is 1. The molecule has 0 saturated carbocycles. The van der Waals surface area contributed by atoms with Crippen LogP contribution in [0.3, 0.4) is 0 Å². The van der Waals surface area contributed by atoms with E-state index in [-0.39, 0.29) is 12.2 Å². The van der Waals surface area contributed by atoms with Gasteiger partial charge < -0.3 is 14.5 Å². The molecule has 5 nitrogen and oxygen atoms in total. The summed E-state index contributed by atoms with van der Waals surface area (Å²) in [6.45, 7) is 9.57. The van der Waals surface area contributed by atoms with E-state index in [2.05, 4.69) is 46.8 Å². The van der Waals surface area contributed by atoms with Crippen LogP contribution in [-0.4, -0.2) is 54.8 Å². The largest absolute Gasteiger partial charge is 0.370 e. The van der Waals surface area contributed by atoms with Crippen molar-refractivity contribution in [1.29, 1.82) is 5.26 Å². The summed E-state index contributed by atoms with van der Waals surface area (Å²) in [4.78, 5) is 9.39. The monoisotopic (exact) mass is 350 g/mol. The molecule has 0 radical (unpaired) electrons. The van der Waals surface area contributed by atoms with Crippen molar-refractivity contribution in [2.45, 2.75) is 32.5 Å². The van der Waals surface area contributed by atoms with Crippen LogP contribution in [0.4, 0.5) is 5.69 Å². The lowest BCUT2D eigenvalue weighted by atomic mass is 10.1. The van der Waals surface area contributed by atoms with Gasteiger partial charge in [0.05, 0.1) is 23.3 Å². The van der Waals surface area contributed by atoms with Crippen molar-refractivity contribution < 1.29 is 4.74 Å². The van der Waals surface area contributed by atoms with E-state index in [9.17, 15) is 5.26 Å². The number of rotatable bonds is 3. The first kappa shape index (κ1) is 17.3. The second-order valence-electron chi connectivity index (χ2n) is 7.77. The molecule has 2 aliphatic heterocycles. The van der Waals surface area contributed by atoms with E-state index in [1.54, 1.807) is 6.20 Å². The molecule has 0 amide bonds. The van der Waals surface area contributed by atoms with Gasteiger partial charge in [-0.3, -0.25) is 4.98 Å². The third-order valence-corrected chi connectivity index (χ3v) is 5.50. The third kappa shape index (κ3) is 3.40. The number of anilines is 1. The van der Waals surface area contributed by atoms with Crippen LogP contribution in [-0.2, 0) is 4.74 Å². The van der Waals surface area contributed by atoms with Gasteiger partial charge in [0.25, 0.3) is 0 Å². The molecular formula is C21H26N4O. The lowest BCUT2D eigenvalue weighted by Crippen LogP contribution is -2.50. The van der Waals surface area contributed by atoms with Gasteiger partial charge in [-0.05, 0) is 50.1 Å². The Morgan fingerprint density at radius 1 is 1.23 bits per heavy atom. The summed E-state index contributed by atoms with van der Waals surface area (Å²) >= 11 is 0. The van der Waals surface area contributed by atoms with E-state index in [0.29, 0.717) is 5.56 Å². The quantitative estimate of drug-likeness (QED) is 0.852. The topological polar surface area (TPSA) is 52.4 Å². The van der Waals surface area contributed by atoms with Crippen LogP contribution in [0.1, 0.15) is 25.8 Å². The number of nitriles is 1. The number of morpholine rings is 1. The number of hydrogen-bond acceptors (Lipinski definition) is 5. The third-order valence-electron chi connectivity index (χ3n) is 5.50. The van der Waals surface area contributed by atoms with Crippen molar-refractivity contribution >= 4 is 16.6 Å². The van der Waals surface area contributed by atoms with Crippen LogP contribution in [0.15, 0.2) is 30.5 Å². The molecule has 136 valence electrons. The van der Waals surface area contributed by atoms with E-state index in [0.717, 1.165) is 42.1 Å². The minimum Gasteiger partial charge on any atom is -0.370 e. The first-order valence-corrected chi connectivity index (χ1v) is 9.54. The molecule has 4 rings (SSSR count). The molecule has 1 aromatic heterocycles. The summed E-state index contributed by atoms with van der Waals surface area (Å²) < 4.78 is 6.24. The van der Waals surface area contributed by atoms with Gasteiger partial charge in [-0.1, -0.05) is 6.92 Å². The number of fused-ring (bicyclic) bond motifs is 1. The average molecular weight is 350 g/mol. The zero-order valence-electron chi connectivity index (χ0n) is 15.6. The molecule has 0 N–H and O–H groups in total. The molecule has 2 aromatic rings. The van der Waals surface area contributed by atoms with Crippen LogP contribution >= 0.6 is 0 Å². The predicted molar refractivity (Wildman–Crippen MR) is 103 cm³/mol. The maximum absolute atomic E-state index is 9.37. The Morgan fingerprint density at radius 2 is 2.12 bits per heavy atom. The Labute approximate surface area is 155 Å². The van der Waals surface area contributed by atoms with E-state index in [1.807, 2.05) is 12.1 Å². The van der Waals surface area contributed by atoms with Crippen molar-refractivity contribution in [1.82, 2.24) is 9.88 Å². The standard InChI is InChI=1S/C21H26N4O/c1-15-7-9-24(11-15)13-18-14-25(12-16(2)26-18)20-6-5-17(10-22)21-19(20)4-3-8-23-21/h3-6,8,15-16,18H,7,9,11-14H2,1-2H3/t15?,16-,18+/m1/s1. The lowest BCUT2D eigenvalue weighted by molar-refractivity contribution is -0.0297. The highest BCUT2D eigenvalue weighted by molar-refractivity contribution is 5.95. The molecule has 1 aromatic carbocycles. The Morgan fingerprint density at radius 3 is 2.88 bits per heavy atom.